The van der Waals surface area contributed by atoms with E-state index >= 15 is 0 Å². The molecule has 0 aromatic rings. The third kappa shape index (κ3) is 1.18. The van der Waals surface area contributed by atoms with Crippen molar-refractivity contribution in [3.63, 3.8) is 0 Å². The molecule has 0 unspecified atom stereocenters. The molecule has 0 spiro atoms. The van der Waals surface area contributed by atoms with Gasteiger partial charge in [-0.25, -0.2) is 0 Å². The second-order valence-electron chi connectivity index (χ2n) is 3.53. The summed E-state index contributed by atoms with van der Waals surface area (Å²) in [6.07, 6.45) is -1.08. The van der Waals surface area contributed by atoms with Crippen LogP contribution in [0.1, 0.15) is 20.8 Å². The van der Waals surface area contributed by atoms with Gasteiger partial charge in [-0.1, -0.05) is 13.8 Å². The topological polar surface area (TPSA) is 40.5 Å². The first-order valence-corrected chi connectivity index (χ1v) is 3.92. The SMILES string of the molecule is C[C@H](O)[C@@H](O)C1[C@@H](C)[C@@H]1C. The molecule has 1 aliphatic carbocycles. The molecule has 0 amide bonds. The van der Waals surface area contributed by atoms with E-state index in [1.807, 2.05) is 0 Å². The third-order valence-electron chi connectivity index (χ3n) is 2.79. The molecule has 1 rings (SSSR count). The summed E-state index contributed by atoms with van der Waals surface area (Å²) >= 11 is 0. The summed E-state index contributed by atoms with van der Waals surface area (Å²) < 4.78 is 0. The second-order valence-corrected chi connectivity index (χ2v) is 3.53. The van der Waals surface area contributed by atoms with Gasteiger partial charge in [0.05, 0.1) is 12.2 Å². The fraction of sp³-hybridized carbons (Fsp3) is 1.00. The Morgan fingerprint density at radius 1 is 1.10 bits per heavy atom. The predicted molar refractivity (Wildman–Crippen MR) is 39.5 cm³/mol. The van der Waals surface area contributed by atoms with Crippen LogP contribution in [0.5, 0.6) is 0 Å². The van der Waals surface area contributed by atoms with Crippen LogP contribution in [-0.4, -0.2) is 22.4 Å². The fourth-order valence-corrected chi connectivity index (χ4v) is 1.64. The Morgan fingerprint density at radius 3 is 1.60 bits per heavy atom. The van der Waals surface area contributed by atoms with Crippen LogP contribution in [0.15, 0.2) is 0 Å². The smallest absolute Gasteiger partial charge is 0.0829 e. The van der Waals surface area contributed by atoms with Crippen LogP contribution in [0.4, 0.5) is 0 Å². The zero-order valence-electron chi connectivity index (χ0n) is 6.78. The third-order valence-corrected chi connectivity index (χ3v) is 2.79. The molecule has 0 saturated heterocycles. The van der Waals surface area contributed by atoms with E-state index in [2.05, 4.69) is 13.8 Å². The van der Waals surface area contributed by atoms with Crippen molar-refractivity contribution >= 4 is 0 Å². The van der Waals surface area contributed by atoms with E-state index in [4.69, 9.17) is 5.11 Å². The molecule has 10 heavy (non-hydrogen) atoms. The Labute approximate surface area is 61.9 Å². The zero-order chi connectivity index (χ0) is 7.89. The van der Waals surface area contributed by atoms with Gasteiger partial charge in [-0.3, -0.25) is 0 Å². The Bertz CT molecular complexity index is 108. The maximum absolute atomic E-state index is 9.36. The number of rotatable bonds is 2. The van der Waals surface area contributed by atoms with Crippen molar-refractivity contribution in [3.05, 3.63) is 0 Å². The summed E-state index contributed by atoms with van der Waals surface area (Å²) in [5, 5.41) is 18.4. The Morgan fingerprint density at radius 2 is 1.50 bits per heavy atom. The van der Waals surface area contributed by atoms with Gasteiger partial charge in [-0.15, -0.1) is 0 Å². The van der Waals surface area contributed by atoms with Crippen molar-refractivity contribution < 1.29 is 10.2 Å². The van der Waals surface area contributed by atoms with Gasteiger partial charge in [0.15, 0.2) is 0 Å². The van der Waals surface area contributed by atoms with Gasteiger partial charge in [0, 0.05) is 0 Å². The lowest BCUT2D eigenvalue weighted by atomic mass is 10.1. The average molecular weight is 144 g/mol. The van der Waals surface area contributed by atoms with Gasteiger partial charge >= 0.3 is 0 Å². The lowest BCUT2D eigenvalue weighted by molar-refractivity contribution is 0.0122. The van der Waals surface area contributed by atoms with Gasteiger partial charge < -0.3 is 10.2 Å². The van der Waals surface area contributed by atoms with Crippen molar-refractivity contribution in [1.29, 1.82) is 0 Å². The van der Waals surface area contributed by atoms with Gasteiger partial charge in [0.2, 0.25) is 0 Å². The van der Waals surface area contributed by atoms with Crippen LogP contribution in [0.3, 0.4) is 0 Å². The molecule has 1 fully saturated rings. The molecule has 2 nitrogen and oxygen atoms in total. The molecule has 0 aromatic carbocycles. The Balaban J connectivity index is 2.38. The normalized spacial score (nSPS) is 44.7. The molecule has 60 valence electrons. The van der Waals surface area contributed by atoms with Crippen molar-refractivity contribution in [1.82, 2.24) is 0 Å². The molecule has 0 aromatic heterocycles. The summed E-state index contributed by atoms with van der Waals surface area (Å²) in [6, 6.07) is 0. The van der Waals surface area contributed by atoms with Crippen LogP contribution >= 0.6 is 0 Å². The molecular formula is C8H16O2. The number of hydrogen-bond donors (Lipinski definition) is 2. The fourth-order valence-electron chi connectivity index (χ4n) is 1.64. The van der Waals surface area contributed by atoms with Gasteiger partial charge in [-0.2, -0.15) is 0 Å². The zero-order valence-corrected chi connectivity index (χ0v) is 6.78. The van der Waals surface area contributed by atoms with Crippen LogP contribution in [-0.2, 0) is 0 Å². The number of aliphatic hydroxyl groups is 2. The van der Waals surface area contributed by atoms with Crippen LogP contribution in [0.2, 0.25) is 0 Å². The minimum absolute atomic E-state index is 0.333. The number of aliphatic hydroxyl groups excluding tert-OH is 2. The summed E-state index contributed by atoms with van der Waals surface area (Å²) in [4.78, 5) is 0. The summed E-state index contributed by atoms with van der Waals surface area (Å²) in [6.45, 7) is 5.87. The van der Waals surface area contributed by atoms with Crippen molar-refractivity contribution in [2.24, 2.45) is 17.8 Å². The average Bonchev–Trinajstić information content (AvgIpc) is 2.40. The van der Waals surface area contributed by atoms with Crippen LogP contribution in [0.25, 0.3) is 0 Å². The molecule has 2 heteroatoms. The molecule has 0 radical (unpaired) electrons. The minimum atomic E-state index is -0.572. The molecule has 4 atom stereocenters. The Kier molecular flexibility index (Phi) is 2.02. The van der Waals surface area contributed by atoms with E-state index in [0.29, 0.717) is 17.8 Å². The first-order chi connectivity index (χ1) is 4.55. The van der Waals surface area contributed by atoms with Crippen molar-refractivity contribution in [2.75, 3.05) is 0 Å². The highest BCUT2D eigenvalue weighted by molar-refractivity contribution is 4.96. The summed E-state index contributed by atoms with van der Waals surface area (Å²) in [5.41, 5.74) is 0. The lowest BCUT2D eigenvalue weighted by Crippen LogP contribution is -2.25. The second kappa shape index (κ2) is 2.51. The number of hydrogen-bond acceptors (Lipinski definition) is 2. The largest absolute Gasteiger partial charge is 0.391 e. The maximum atomic E-state index is 9.36. The van der Waals surface area contributed by atoms with E-state index in [1.54, 1.807) is 6.92 Å². The molecule has 0 aliphatic heterocycles. The monoisotopic (exact) mass is 144 g/mol. The Hall–Kier alpha value is -0.0800. The molecular weight excluding hydrogens is 128 g/mol. The van der Waals surface area contributed by atoms with Gasteiger partial charge in [0.1, 0.15) is 0 Å². The predicted octanol–water partition coefficient (Wildman–Crippen LogP) is 0.630. The summed E-state index contributed by atoms with van der Waals surface area (Å²) in [5.74, 6) is 1.51. The highest BCUT2D eigenvalue weighted by Crippen LogP contribution is 2.48. The van der Waals surface area contributed by atoms with Gasteiger partial charge in [0.25, 0.3) is 0 Å². The lowest BCUT2D eigenvalue weighted by Gasteiger charge is -2.12. The first kappa shape index (κ1) is 8.02. The molecule has 1 saturated carbocycles. The van der Waals surface area contributed by atoms with E-state index < -0.39 is 12.2 Å². The molecule has 0 bridgehead atoms. The summed E-state index contributed by atoms with van der Waals surface area (Å²) in [7, 11) is 0. The van der Waals surface area contributed by atoms with E-state index in [1.165, 1.54) is 0 Å². The molecule has 1 aliphatic rings. The highest BCUT2D eigenvalue weighted by atomic mass is 16.3. The van der Waals surface area contributed by atoms with Crippen LogP contribution < -0.4 is 0 Å². The minimum Gasteiger partial charge on any atom is -0.391 e. The van der Waals surface area contributed by atoms with Crippen molar-refractivity contribution in [3.8, 4) is 0 Å². The van der Waals surface area contributed by atoms with E-state index in [9.17, 15) is 5.11 Å². The van der Waals surface area contributed by atoms with E-state index in [0.717, 1.165) is 0 Å². The van der Waals surface area contributed by atoms with Crippen LogP contribution in [0, 0.1) is 17.8 Å². The highest BCUT2D eigenvalue weighted by Gasteiger charge is 2.48. The van der Waals surface area contributed by atoms with Crippen molar-refractivity contribution in [2.45, 2.75) is 33.0 Å². The first-order valence-electron chi connectivity index (χ1n) is 3.92. The molecule has 2 N–H and O–H groups in total. The maximum Gasteiger partial charge on any atom is 0.0829 e. The van der Waals surface area contributed by atoms with E-state index in [-0.39, 0.29) is 0 Å². The quantitative estimate of drug-likeness (QED) is 0.596. The standard InChI is InChI=1S/C8H16O2/c1-4-5(2)7(4)8(10)6(3)9/h4-10H,1-3H3/t4-,5-,6-,8+/m0/s1. The molecule has 0 heterocycles. The van der Waals surface area contributed by atoms with Gasteiger partial charge in [-0.05, 0) is 24.7 Å².